The maximum atomic E-state index is 11.9. The molecule has 118 valence electrons. The van der Waals surface area contributed by atoms with Crippen LogP contribution in [0.1, 0.15) is 5.56 Å². The van der Waals surface area contributed by atoms with Crippen molar-refractivity contribution in [2.24, 2.45) is 0 Å². The summed E-state index contributed by atoms with van der Waals surface area (Å²) in [5.74, 6) is 0. The van der Waals surface area contributed by atoms with Crippen molar-refractivity contribution >= 4 is 23.1 Å². The van der Waals surface area contributed by atoms with E-state index in [0.29, 0.717) is 6.61 Å². The number of hydrogen-bond acceptors (Lipinski definition) is 4. The minimum absolute atomic E-state index is 0.185. The SMILES string of the molecule is CN(CC(O)COCc1ccccc1)C(=O)Nc1ccsc1. The Morgan fingerprint density at radius 1 is 1.36 bits per heavy atom. The van der Waals surface area contributed by atoms with Crippen molar-refractivity contribution < 1.29 is 14.6 Å². The molecule has 1 atom stereocenters. The van der Waals surface area contributed by atoms with E-state index >= 15 is 0 Å². The number of rotatable bonds is 7. The van der Waals surface area contributed by atoms with Gasteiger partial charge in [0.2, 0.25) is 0 Å². The predicted octanol–water partition coefficient (Wildman–Crippen LogP) is 2.79. The highest BCUT2D eigenvalue weighted by Gasteiger charge is 2.14. The number of amides is 2. The predicted molar refractivity (Wildman–Crippen MR) is 88.1 cm³/mol. The Hall–Kier alpha value is -1.89. The molecule has 1 heterocycles. The van der Waals surface area contributed by atoms with Crippen molar-refractivity contribution in [3.63, 3.8) is 0 Å². The summed E-state index contributed by atoms with van der Waals surface area (Å²) in [4.78, 5) is 13.3. The first-order chi connectivity index (χ1) is 10.6. The van der Waals surface area contributed by atoms with Gasteiger partial charge in [-0.25, -0.2) is 4.79 Å². The first-order valence-corrected chi connectivity index (χ1v) is 7.93. The van der Waals surface area contributed by atoms with Crippen LogP contribution < -0.4 is 5.32 Å². The molecule has 2 aromatic rings. The fraction of sp³-hybridized carbons (Fsp3) is 0.312. The lowest BCUT2D eigenvalue weighted by atomic mass is 10.2. The summed E-state index contributed by atoms with van der Waals surface area (Å²) >= 11 is 1.51. The first kappa shape index (κ1) is 16.5. The first-order valence-electron chi connectivity index (χ1n) is 6.99. The minimum atomic E-state index is -0.720. The molecule has 0 saturated heterocycles. The number of hydrogen-bond donors (Lipinski definition) is 2. The third kappa shape index (κ3) is 5.48. The van der Waals surface area contributed by atoms with E-state index in [4.69, 9.17) is 4.74 Å². The van der Waals surface area contributed by atoms with E-state index in [1.807, 2.05) is 47.2 Å². The summed E-state index contributed by atoms with van der Waals surface area (Å²) in [7, 11) is 1.64. The summed E-state index contributed by atoms with van der Waals surface area (Å²) in [5, 5.41) is 16.4. The largest absolute Gasteiger partial charge is 0.389 e. The zero-order valence-electron chi connectivity index (χ0n) is 12.4. The van der Waals surface area contributed by atoms with Gasteiger partial charge in [0.05, 0.1) is 31.5 Å². The minimum Gasteiger partial charge on any atom is -0.389 e. The van der Waals surface area contributed by atoms with Crippen molar-refractivity contribution in [1.29, 1.82) is 0 Å². The highest BCUT2D eigenvalue weighted by atomic mass is 32.1. The summed E-state index contributed by atoms with van der Waals surface area (Å²) in [6.45, 7) is 0.846. The zero-order chi connectivity index (χ0) is 15.8. The van der Waals surface area contributed by atoms with E-state index in [9.17, 15) is 9.90 Å². The Balaban J connectivity index is 1.67. The van der Waals surface area contributed by atoms with Crippen LogP contribution in [0.2, 0.25) is 0 Å². The van der Waals surface area contributed by atoms with Crippen molar-refractivity contribution in [3.8, 4) is 0 Å². The van der Waals surface area contributed by atoms with Crippen LogP contribution in [0, 0.1) is 0 Å². The second-order valence-electron chi connectivity index (χ2n) is 4.98. The smallest absolute Gasteiger partial charge is 0.321 e. The molecule has 1 aromatic heterocycles. The quantitative estimate of drug-likeness (QED) is 0.824. The third-order valence-corrected chi connectivity index (χ3v) is 3.71. The van der Waals surface area contributed by atoms with E-state index in [2.05, 4.69) is 5.32 Å². The Morgan fingerprint density at radius 2 is 2.14 bits per heavy atom. The number of nitrogens with zero attached hydrogens (tertiary/aromatic N) is 1. The lowest BCUT2D eigenvalue weighted by Gasteiger charge is -2.21. The molecule has 1 aromatic carbocycles. The molecule has 2 amide bonds. The molecule has 2 N–H and O–H groups in total. The monoisotopic (exact) mass is 320 g/mol. The van der Waals surface area contributed by atoms with Crippen molar-refractivity contribution in [1.82, 2.24) is 4.90 Å². The fourth-order valence-corrected chi connectivity index (χ4v) is 2.48. The number of ether oxygens (including phenoxy) is 1. The van der Waals surface area contributed by atoms with Gasteiger partial charge in [-0.1, -0.05) is 30.3 Å². The number of carbonyl (C=O) groups is 1. The third-order valence-electron chi connectivity index (χ3n) is 3.03. The van der Waals surface area contributed by atoms with Gasteiger partial charge in [0.25, 0.3) is 0 Å². The van der Waals surface area contributed by atoms with Gasteiger partial charge < -0.3 is 20.1 Å². The number of nitrogens with one attached hydrogen (secondary N) is 1. The number of aliphatic hydroxyl groups excluding tert-OH is 1. The number of aliphatic hydroxyl groups is 1. The second kappa shape index (κ2) is 8.53. The van der Waals surface area contributed by atoms with Gasteiger partial charge in [-0.3, -0.25) is 0 Å². The number of benzene rings is 1. The molecule has 5 nitrogen and oxygen atoms in total. The van der Waals surface area contributed by atoms with E-state index in [1.165, 1.54) is 16.2 Å². The van der Waals surface area contributed by atoms with Crippen molar-refractivity contribution in [2.75, 3.05) is 25.5 Å². The lowest BCUT2D eigenvalue weighted by Crippen LogP contribution is -2.38. The summed E-state index contributed by atoms with van der Waals surface area (Å²) in [6, 6.07) is 11.3. The van der Waals surface area contributed by atoms with Gasteiger partial charge in [0.1, 0.15) is 0 Å². The summed E-state index contributed by atoms with van der Waals surface area (Å²) < 4.78 is 5.46. The summed E-state index contributed by atoms with van der Waals surface area (Å²) in [5.41, 5.74) is 1.81. The molecule has 22 heavy (non-hydrogen) atoms. The Morgan fingerprint density at radius 3 is 2.82 bits per heavy atom. The Kier molecular flexibility index (Phi) is 6.39. The van der Waals surface area contributed by atoms with Crippen LogP contribution in [0.25, 0.3) is 0 Å². The normalized spacial score (nSPS) is 11.9. The van der Waals surface area contributed by atoms with Gasteiger partial charge in [0, 0.05) is 12.4 Å². The number of anilines is 1. The van der Waals surface area contributed by atoms with Crippen LogP contribution in [0.5, 0.6) is 0 Å². The molecule has 0 aliphatic rings. The van der Waals surface area contributed by atoms with Gasteiger partial charge in [-0.15, -0.1) is 0 Å². The maximum absolute atomic E-state index is 11.9. The van der Waals surface area contributed by atoms with Crippen LogP contribution in [0.3, 0.4) is 0 Å². The van der Waals surface area contributed by atoms with Crippen LogP contribution in [-0.2, 0) is 11.3 Å². The molecule has 0 spiro atoms. The van der Waals surface area contributed by atoms with Gasteiger partial charge in [-0.2, -0.15) is 11.3 Å². The van der Waals surface area contributed by atoms with Crippen molar-refractivity contribution in [2.45, 2.75) is 12.7 Å². The van der Waals surface area contributed by atoms with E-state index in [1.54, 1.807) is 7.05 Å². The molecule has 0 fully saturated rings. The van der Waals surface area contributed by atoms with Gasteiger partial charge in [-0.05, 0) is 17.0 Å². The standard InChI is InChI=1S/C16H20N2O3S/c1-18(16(20)17-14-7-8-22-12-14)9-15(19)11-21-10-13-5-3-2-4-6-13/h2-8,12,15,19H,9-11H2,1H3,(H,17,20). The van der Waals surface area contributed by atoms with Crippen molar-refractivity contribution in [3.05, 3.63) is 52.7 Å². The van der Waals surface area contributed by atoms with Gasteiger partial charge >= 0.3 is 6.03 Å². The van der Waals surface area contributed by atoms with E-state index in [0.717, 1.165) is 11.3 Å². The molecule has 6 heteroatoms. The Labute approximate surface area is 134 Å². The maximum Gasteiger partial charge on any atom is 0.321 e. The molecule has 0 saturated carbocycles. The molecule has 0 bridgehead atoms. The zero-order valence-corrected chi connectivity index (χ0v) is 13.3. The average Bonchev–Trinajstić information content (AvgIpc) is 3.01. The fourth-order valence-electron chi connectivity index (χ4n) is 1.89. The molecule has 0 aliphatic carbocycles. The number of carbonyl (C=O) groups excluding carboxylic acids is 1. The van der Waals surface area contributed by atoms with Crippen LogP contribution in [0.4, 0.5) is 10.5 Å². The topological polar surface area (TPSA) is 61.8 Å². The molecular weight excluding hydrogens is 300 g/mol. The molecular formula is C16H20N2O3S. The van der Waals surface area contributed by atoms with Crippen LogP contribution in [0.15, 0.2) is 47.2 Å². The van der Waals surface area contributed by atoms with Crippen LogP contribution in [-0.4, -0.2) is 42.3 Å². The highest BCUT2D eigenvalue weighted by Crippen LogP contribution is 2.12. The number of thiophene rings is 1. The number of urea groups is 1. The van der Waals surface area contributed by atoms with E-state index in [-0.39, 0.29) is 19.2 Å². The molecule has 2 rings (SSSR count). The Bertz CT molecular complexity index is 560. The lowest BCUT2D eigenvalue weighted by molar-refractivity contribution is 0.0188. The molecule has 1 unspecified atom stereocenters. The summed E-state index contributed by atoms with van der Waals surface area (Å²) in [6.07, 6.45) is -0.720. The highest BCUT2D eigenvalue weighted by molar-refractivity contribution is 7.08. The van der Waals surface area contributed by atoms with Gasteiger partial charge in [0.15, 0.2) is 0 Å². The average molecular weight is 320 g/mol. The second-order valence-corrected chi connectivity index (χ2v) is 5.76. The molecule has 0 aliphatic heterocycles. The van der Waals surface area contributed by atoms with Crippen LogP contribution >= 0.6 is 11.3 Å². The number of likely N-dealkylation sites (N-methyl/N-ethyl adjacent to an activating group) is 1. The van der Waals surface area contributed by atoms with E-state index < -0.39 is 6.10 Å². The molecule has 0 radical (unpaired) electrons.